The maximum Gasteiger partial charge on any atom is 0.275 e. The molecule has 2 aromatic carbocycles. The van der Waals surface area contributed by atoms with E-state index in [-0.39, 0.29) is 5.91 Å². The first-order chi connectivity index (χ1) is 14.7. The van der Waals surface area contributed by atoms with Crippen molar-refractivity contribution in [3.8, 4) is 10.6 Å². The lowest BCUT2D eigenvalue weighted by molar-refractivity contribution is 0.0332. The first kappa shape index (κ1) is 18.9. The Kier molecular flexibility index (Phi) is 5.27. The van der Waals surface area contributed by atoms with Gasteiger partial charge in [0.2, 0.25) is 0 Å². The minimum Gasteiger partial charge on any atom is -0.379 e. The predicted molar refractivity (Wildman–Crippen MR) is 118 cm³/mol. The summed E-state index contributed by atoms with van der Waals surface area (Å²) in [5.74, 6) is 0.697. The summed E-state index contributed by atoms with van der Waals surface area (Å²) in [7, 11) is 0. The van der Waals surface area contributed by atoms with Gasteiger partial charge in [-0.3, -0.25) is 9.69 Å². The molecule has 30 heavy (non-hydrogen) atoms. The van der Waals surface area contributed by atoms with E-state index in [2.05, 4.69) is 25.2 Å². The third-order valence-corrected chi connectivity index (χ3v) is 5.91. The van der Waals surface area contributed by atoms with Gasteiger partial charge in [-0.2, -0.15) is 0 Å². The first-order valence-electron chi connectivity index (χ1n) is 9.86. The highest BCUT2D eigenvalue weighted by atomic mass is 32.1. The molecule has 0 spiro atoms. The minimum atomic E-state index is -0.221. The fourth-order valence-electron chi connectivity index (χ4n) is 3.47. The number of imidazole rings is 1. The van der Waals surface area contributed by atoms with Gasteiger partial charge in [0.05, 0.1) is 30.8 Å². The number of anilines is 1. The van der Waals surface area contributed by atoms with Crippen LogP contribution in [0.1, 0.15) is 16.3 Å². The van der Waals surface area contributed by atoms with E-state index in [4.69, 9.17) is 4.74 Å². The molecule has 4 aromatic rings. The molecule has 1 fully saturated rings. The molecule has 0 saturated carbocycles. The Labute approximate surface area is 177 Å². The molecule has 2 aromatic heterocycles. The standard InChI is InChI=1S/C22H21N5O2S/c28-21(19-14-30-22(26-19)15-4-2-1-3-5-15)23-16-6-7-17-18(12-16)25-20(24-17)13-27-8-10-29-11-9-27/h1-7,12,14H,8-11,13H2,(H,23,28)(H,24,25). The molecular formula is C22H21N5O2S. The number of hydrogen-bond acceptors (Lipinski definition) is 6. The number of carbonyl (C=O) groups is 1. The van der Waals surface area contributed by atoms with Crippen molar-refractivity contribution >= 4 is 34.0 Å². The number of ether oxygens (including phenoxy) is 1. The molecule has 0 radical (unpaired) electrons. The van der Waals surface area contributed by atoms with E-state index in [1.54, 1.807) is 5.38 Å². The van der Waals surface area contributed by atoms with Crippen LogP contribution in [-0.4, -0.2) is 52.1 Å². The maximum atomic E-state index is 12.7. The van der Waals surface area contributed by atoms with Gasteiger partial charge >= 0.3 is 0 Å². The van der Waals surface area contributed by atoms with Gasteiger partial charge in [0.15, 0.2) is 0 Å². The molecule has 5 rings (SSSR count). The number of fused-ring (bicyclic) bond motifs is 1. The number of hydrogen-bond donors (Lipinski definition) is 2. The molecule has 3 heterocycles. The van der Waals surface area contributed by atoms with Gasteiger partial charge in [-0.1, -0.05) is 30.3 Å². The Balaban J connectivity index is 1.29. The number of morpholine rings is 1. The second-order valence-electron chi connectivity index (χ2n) is 7.16. The van der Waals surface area contributed by atoms with Crippen LogP contribution in [0.2, 0.25) is 0 Å². The Hall–Kier alpha value is -3.07. The third-order valence-electron chi connectivity index (χ3n) is 5.02. The molecule has 1 aliphatic rings. The van der Waals surface area contributed by atoms with Crippen LogP contribution < -0.4 is 5.32 Å². The van der Waals surface area contributed by atoms with Gasteiger partial charge in [0.25, 0.3) is 5.91 Å². The molecular weight excluding hydrogens is 398 g/mol. The van der Waals surface area contributed by atoms with Gasteiger partial charge in [-0.15, -0.1) is 11.3 Å². The number of aromatic nitrogens is 3. The third kappa shape index (κ3) is 4.11. The Morgan fingerprint density at radius 2 is 1.97 bits per heavy atom. The number of amides is 1. The number of aromatic amines is 1. The van der Waals surface area contributed by atoms with E-state index in [9.17, 15) is 4.79 Å². The molecule has 2 N–H and O–H groups in total. The van der Waals surface area contributed by atoms with Crippen LogP contribution in [-0.2, 0) is 11.3 Å². The highest BCUT2D eigenvalue weighted by Gasteiger charge is 2.15. The molecule has 1 aliphatic heterocycles. The summed E-state index contributed by atoms with van der Waals surface area (Å²) >= 11 is 1.46. The number of nitrogens with zero attached hydrogens (tertiary/aromatic N) is 3. The predicted octanol–water partition coefficient (Wildman–Crippen LogP) is 3.77. The van der Waals surface area contributed by atoms with Crippen LogP contribution in [0.15, 0.2) is 53.9 Å². The lowest BCUT2D eigenvalue weighted by atomic mass is 10.2. The summed E-state index contributed by atoms with van der Waals surface area (Å²) in [6, 6.07) is 15.6. The molecule has 0 unspecified atom stereocenters. The Bertz CT molecular complexity index is 1160. The van der Waals surface area contributed by atoms with Crippen molar-refractivity contribution < 1.29 is 9.53 Å². The molecule has 0 aliphatic carbocycles. The Morgan fingerprint density at radius 3 is 2.80 bits per heavy atom. The van der Waals surface area contributed by atoms with Crippen LogP contribution in [0.4, 0.5) is 5.69 Å². The molecule has 1 saturated heterocycles. The number of benzene rings is 2. The highest BCUT2D eigenvalue weighted by Crippen LogP contribution is 2.24. The summed E-state index contributed by atoms with van der Waals surface area (Å²) in [6.45, 7) is 4.12. The molecule has 7 nitrogen and oxygen atoms in total. The van der Waals surface area contributed by atoms with Crippen molar-refractivity contribution in [2.75, 3.05) is 31.6 Å². The van der Waals surface area contributed by atoms with Crippen molar-refractivity contribution in [2.24, 2.45) is 0 Å². The topological polar surface area (TPSA) is 83.1 Å². The zero-order valence-corrected chi connectivity index (χ0v) is 17.1. The van der Waals surface area contributed by atoms with Crippen LogP contribution in [0.3, 0.4) is 0 Å². The second kappa shape index (κ2) is 8.35. The van der Waals surface area contributed by atoms with E-state index >= 15 is 0 Å². The average Bonchev–Trinajstić information content (AvgIpc) is 3.42. The van der Waals surface area contributed by atoms with Gasteiger partial charge in [-0.05, 0) is 18.2 Å². The van der Waals surface area contributed by atoms with Gasteiger partial charge in [0.1, 0.15) is 16.5 Å². The monoisotopic (exact) mass is 419 g/mol. The molecule has 0 atom stereocenters. The molecule has 1 amide bonds. The van der Waals surface area contributed by atoms with E-state index < -0.39 is 0 Å². The van der Waals surface area contributed by atoms with Crippen molar-refractivity contribution in [2.45, 2.75) is 6.54 Å². The summed E-state index contributed by atoms with van der Waals surface area (Å²) in [5.41, 5.74) is 3.92. The number of thiazole rings is 1. The van der Waals surface area contributed by atoms with Gasteiger partial charge in [0, 0.05) is 29.7 Å². The number of carbonyl (C=O) groups excluding carboxylic acids is 1. The zero-order valence-electron chi connectivity index (χ0n) is 16.3. The normalized spacial score (nSPS) is 14.8. The van der Waals surface area contributed by atoms with Crippen LogP contribution in [0.5, 0.6) is 0 Å². The number of nitrogens with one attached hydrogen (secondary N) is 2. The van der Waals surface area contributed by atoms with Crippen molar-refractivity contribution in [3.05, 3.63) is 65.4 Å². The summed E-state index contributed by atoms with van der Waals surface area (Å²) in [6.07, 6.45) is 0. The molecule has 152 valence electrons. The lowest BCUT2D eigenvalue weighted by Crippen LogP contribution is -2.35. The summed E-state index contributed by atoms with van der Waals surface area (Å²) in [4.78, 5) is 27.5. The second-order valence-corrected chi connectivity index (χ2v) is 8.02. The summed E-state index contributed by atoms with van der Waals surface area (Å²) < 4.78 is 5.40. The molecule has 0 bridgehead atoms. The van der Waals surface area contributed by atoms with E-state index in [1.165, 1.54) is 11.3 Å². The fraction of sp³-hybridized carbons (Fsp3) is 0.227. The highest BCUT2D eigenvalue weighted by molar-refractivity contribution is 7.13. The number of rotatable bonds is 5. The zero-order chi connectivity index (χ0) is 20.3. The van der Waals surface area contributed by atoms with Crippen LogP contribution in [0, 0.1) is 0 Å². The van der Waals surface area contributed by atoms with E-state index in [1.807, 2.05) is 48.5 Å². The first-order valence-corrected chi connectivity index (χ1v) is 10.7. The van der Waals surface area contributed by atoms with Crippen molar-refractivity contribution in [1.82, 2.24) is 19.9 Å². The maximum absolute atomic E-state index is 12.7. The lowest BCUT2D eigenvalue weighted by Gasteiger charge is -2.25. The van der Waals surface area contributed by atoms with E-state index in [0.29, 0.717) is 11.4 Å². The number of H-pyrrole nitrogens is 1. The largest absolute Gasteiger partial charge is 0.379 e. The fourth-order valence-corrected chi connectivity index (χ4v) is 4.28. The summed E-state index contributed by atoms with van der Waals surface area (Å²) in [5, 5.41) is 5.55. The SMILES string of the molecule is O=C(Nc1ccc2nc(CN3CCOCC3)[nH]c2c1)c1csc(-c2ccccc2)n1. The van der Waals surface area contributed by atoms with E-state index in [0.717, 1.165) is 60.3 Å². The Morgan fingerprint density at radius 1 is 1.13 bits per heavy atom. The minimum absolute atomic E-state index is 0.221. The quantitative estimate of drug-likeness (QED) is 0.515. The van der Waals surface area contributed by atoms with Crippen LogP contribution in [0.25, 0.3) is 21.6 Å². The smallest absolute Gasteiger partial charge is 0.275 e. The van der Waals surface area contributed by atoms with Crippen molar-refractivity contribution in [1.29, 1.82) is 0 Å². The van der Waals surface area contributed by atoms with Gasteiger partial charge in [-0.25, -0.2) is 9.97 Å². The van der Waals surface area contributed by atoms with Crippen molar-refractivity contribution in [3.63, 3.8) is 0 Å². The molecule has 8 heteroatoms. The average molecular weight is 420 g/mol. The van der Waals surface area contributed by atoms with Crippen LogP contribution >= 0.6 is 11.3 Å². The van der Waals surface area contributed by atoms with Gasteiger partial charge < -0.3 is 15.0 Å².